The van der Waals surface area contributed by atoms with Gasteiger partial charge in [-0.3, -0.25) is 4.79 Å². The Morgan fingerprint density at radius 2 is 1.94 bits per heavy atom. The molecule has 0 saturated heterocycles. The van der Waals surface area contributed by atoms with Crippen molar-refractivity contribution in [1.82, 2.24) is 0 Å². The standard InChI is InChI=1S/C14H15ClO/c1-13-10(8-12(16)14(13,2)15)7-9-5-3-4-6-11(9)13/h3-6,10H,7-8H2,1-2H3/t10-,13+,14?/m0/s1. The van der Waals surface area contributed by atoms with Crippen LogP contribution in [0.2, 0.25) is 0 Å². The minimum atomic E-state index is -0.732. The molecule has 1 unspecified atom stereocenters. The molecule has 3 rings (SSSR count). The summed E-state index contributed by atoms with van der Waals surface area (Å²) in [5.74, 6) is 0.594. The molecule has 84 valence electrons. The van der Waals surface area contributed by atoms with E-state index in [9.17, 15) is 4.79 Å². The van der Waals surface area contributed by atoms with Crippen LogP contribution < -0.4 is 0 Å². The van der Waals surface area contributed by atoms with Crippen LogP contribution in [0.3, 0.4) is 0 Å². The smallest absolute Gasteiger partial charge is 0.154 e. The fourth-order valence-corrected chi connectivity index (χ4v) is 3.85. The van der Waals surface area contributed by atoms with Crippen LogP contribution in [0.25, 0.3) is 0 Å². The summed E-state index contributed by atoms with van der Waals surface area (Å²) in [6.45, 7) is 4.04. The Balaban J connectivity index is 2.24. The maximum atomic E-state index is 12.0. The van der Waals surface area contributed by atoms with Gasteiger partial charge in [-0.05, 0) is 30.4 Å². The Morgan fingerprint density at radius 3 is 2.69 bits per heavy atom. The number of ketones is 1. The first-order chi connectivity index (χ1) is 7.48. The van der Waals surface area contributed by atoms with E-state index in [4.69, 9.17) is 11.6 Å². The van der Waals surface area contributed by atoms with Gasteiger partial charge in [-0.15, -0.1) is 11.6 Å². The van der Waals surface area contributed by atoms with E-state index >= 15 is 0 Å². The first-order valence-electron chi connectivity index (χ1n) is 5.78. The van der Waals surface area contributed by atoms with Crippen LogP contribution in [0.5, 0.6) is 0 Å². The molecule has 0 bridgehead atoms. The van der Waals surface area contributed by atoms with Crippen LogP contribution in [-0.4, -0.2) is 10.7 Å². The van der Waals surface area contributed by atoms with Gasteiger partial charge in [0.05, 0.1) is 0 Å². The maximum absolute atomic E-state index is 12.0. The van der Waals surface area contributed by atoms with Crippen molar-refractivity contribution in [3.05, 3.63) is 35.4 Å². The van der Waals surface area contributed by atoms with E-state index in [-0.39, 0.29) is 11.2 Å². The Kier molecular flexibility index (Phi) is 1.87. The van der Waals surface area contributed by atoms with E-state index in [0.717, 1.165) is 6.42 Å². The molecule has 1 aromatic rings. The number of carbonyl (C=O) groups excluding carboxylic acids is 1. The highest BCUT2D eigenvalue weighted by atomic mass is 35.5. The molecule has 0 spiro atoms. The summed E-state index contributed by atoms with van der Waals surface area (Å²) >= 11 is 6.54. The molecule has 1 saturated carbocycles. The highest BCUT2D eigenvalue weighted by Crippen LogP contribution is 2.58. The normalized spacial score (nSPS) is 40.9. The van der Waals surface area contributed by atoms with E-state index < -0.39 is 4.87 Å². The van der Waals surface area contributed by atoms with Gasteiger partial charge in [-0.2, -0.15) is 0 Å². The molecular weight excluding hydrogens is 220 g/mol. The second-order valence-electron chi connectivity index (χ2n) is 5.39. The number of halogens is 1. The topological polar surface area (TPSA) is 17.1 Å². The lowest BCUT2D eigenvalue weighted by Crippen LogP contribution is -2.43. The van der Waals surface area contributed by atoms with Crippen molar-refractivity contribution in [2.75, 3.05) is 0 Å². The minimum Gasteiger partial charge on any atom is -0.298 e. The number of fused-ring (bicyclic) bond motifs is 3. The molecule has 3 atom stereocenters. The van der Waals surface area contributed by atoms with Gasteiger partial charge >= 0.3 is 0 Å². The minimum absolute atomic E-state index is 0.178. The Hall–Kier alpha value is -0.820. The summed E-state index contributed by atoms with van der Waals surface area (Å²) in [5, 5.41) is 0. The molecule has 16 heavy (non-hydrogen) atoms. The first kappa shape index (κ1) is 10.3. The van der Waals surface area contributed by atoms with Crippen LogP contribution in [0.15, 0.2) is 24.3 Å². The molecule has 2 heteroatoms. The highest BCUT2D eigenvalue weighted by Gasteiger charge is 2.62. The molecular formula is C14H15ClO. The van der Waals surface area contributed by atoms with Crippen LogP contribution in [0, 0.1) is 5.92 Å². The van der Waals surface area contributed by atoms with Crippen LogP contribution in [0.1, 0.15) is 31.4 Å². The van der Waals surface area contributed by atoms with Crippen LogP contribution in [0.4, 0.5) is 0 Å². The zero-order valence-corrected chi connectivity index (χ0v) is 10.3. The van der Waals surface area contributed by atoms with Crippen molar-refractivity contribution < 1.29 is 4.79 Å². The molecule has 2 aliphatic rings. The van der Waals surface area contributed by atoms with Crippen molar-refractivity contribution in [3.63, 3.8) is 0 Å². The summed E-state index contributed by atoms with van der Waals surface area (Å²) in [7, 11) is 0. The van der Waals surface area contributed by atoms with Gasteiger partial charge in [0, 0.05) is 11.8 Å². The monoisotopic (exact) mass is 234 g/mol. The average molecular weight is 235 g/mol. The summed E-state index contributed by atoms with van der Waals surface area (Å²) in [5.41, 5.74) is 2.47. The SMILES string of the molecule is CC1(Cl)C(=O)C[C@@H]2Cc3ccccc3[C@@]21C. The maximum Gasteiger partial charge on any atom is 0.154 e. The summed E-state index contributed by atoms with van der Waals surface area (Å²) in [6.07, 6.45) is 1.63. The van der Waals surface area contributed by atoms with Crippen molar-refractivity contribution >= 4 is 17.4 Å². The summed E-state index contributed by atoms with van der Waals surface area (Å²) < 4.78 is 0. The molecule has 0 aliphatic heterocycles. The summed E-state index contributed by atoms with van der Waals surface area (Å²) in [6, 6.07) is 8.41. The van der Waals surface area contributed by atoms with Gasteiger partial charge in [0.2, 0.25) is 0 Å². The van der Waals surface area contributed by atoms with E-state index in [0.29, 0.717) is 12.3 Å². The van der Waals surface area contributed by atoms with E-state index in [1.54, 1.807) is 0 Å². The van der Waals surface area contributed by atoms with Crippen LogP contribution >= 0.6 is 11.6 Å². The molecule has 0 amide bonds. The predicted octanol–water partition coefficient (Wildman–Crippen LogP) is 3.09. The molecule has 0 N–H and O–H groups in total. The van der Waals surface area contributed by atoms with E-state index in [2.05, 4.69) is 25.1 Å². The van der Waals surface area contributed by atoms with Crippen molar-refractivity contribution in [2.24, 2.45) is 5.92 Å². The zero-order chi connectivity index (χ0) is 11.6. The fourth-order valence-electron chi connectivity index (χ4n) is 3.51. The highest BCUT2D eigenvalue weighted by molar-refractivity contribution is 6.37. The van der Waals surface area contributed by atoms with Crippen molar-refractivity contribution in [3.8, 4) is 0 Å². The lowest BCUT2D eigenvalue weighted by Gasteiger charge is -2.35. The van der Waals surface area contributed by atoms with Crippen molar-refractivity contribution in [2.45, 2.75) is 37.0 Å². The molecule has 2 aliphatic carbocycles. The third kappa shape index (κ3) is 0.958. The Labute approximate surface area is 101 Å². The van der Waals surface area contributed by atoms with Gasteiger partial charge in [0.1, 0.15) is 4.87 Å². The van der Waals surface area contributed by atoms with Gasteiger partial charge in [-0.1, -0.05) is 31.2 Å². The molecule has 0 heterocycles. The molecule has 0 aromatic heterocycles. The Morgan fingerprint density at radius 1 is 1.25 bits per heavy atom. The third-order valence-electron chi connectivity index (χ3n) is 4.79. The second-order valence-corrected chi connectivity index (χ2v) is 6.15. The Bertz CT molecular complexity index is 477. The largest absolute Gasteiger partial charge is 0.298 e. The first-order valence-corrected chi connectivity index (χ1v) is 6.16. The van der Waals surface area contributed by atoms with Crippen LogP contribution in [-0.2, 0) is 16.6 Å². The van der Waals surface area contributed by atoms with E-state index in [1.165, 1.54) is 11.1 Å². The fraction of sp³-hybridized carbons (Fsp3) is 0.500. The number of hydrogen-bond acceptors (Lipinski definition) is 1. The average Bonchev–Trinajstić information content (AvgIpc) is 2.61. The van der Waals surface area contributed by atoms with Gasteiger partial charge < -0.3 is 0 Å². The number of carbonyl (C=O) groups is 1. The molecule has 1 nitrogen and oxygen atoms in total. The number of rotatable bonds is 0. The zero-order valence-electron chi connectivity index (χ0n) is 9.59. The van der Waals surface area contributed by atoms with Crippen molar-refractivity contribution in [1.29, 1.82) is 0 Å². The number of hydrogen-bond donors (Lipinski definition) is 0. The second kappa shape index (κ2) is 2.89. The summed E-state index contributed by atoms with van der Waals surface area (Å²) in [4.78, 5) is 11.3. The van der Waals surface area contributed by atoms with Gasteiger partial charge in [0.15, 0.2) is 5.78 Å². The number of Topliss-reactive ketones (excluding diaryl/α,β-unsaturated/α-hetero) is 1. The quantitative estimate of drug-likeness (QED) is 0.631. The number of alkyl halides is 1. The third-order valence-corrected chi connectivity index (χ3v) is 5.39. The predicted molar refractivity (Wildman–Crippen MR) is 64.9 cm³/mol. The van der Waals surface area contributed by atoms with E-state index in [1.807, 2.05) is 13.0 Å². The molecule has 1 aromatic carbocycles. The number of benzene rings is 1. The lowest BCUT2D eigenvalue weighted by molar-refractivity contribution is -0.119. The molecule has 1 fully saturated rings. The molecule has 0 radical (unpaired) electrons. The van der Waals surface area contributed by atoms with Gasteiger partial charge in [-0.25, -0.2) is 0 Å². The van der Waals surface area contributed by atoms with Gasteiger partial charge in [0.25, 0.3) is 0 Å². The lowest BCUT2D eigenvalue weighted by atomic mass is 9.72.